The van der Waals surface area contributed by atoms with Crippen molar-refractivity contribution in [3.63, 3.8) is 0 Å². The molecule has 0 heterocycles. The molecule has 9 N–H and O–H groups in total. The van der Waals surface area contributed by atoms with Crippen molar-refractivity contribution in [3.05, 3.63) is 71.3 Å². The quantitative estimate of drug-likeness (QED) is 0.105. The van der Waals surface area contributed by atoms with Gasteiger partial charge in [0.1, 0.15) is 12.1 Å². The third kappa shape index (κ3) is 13.1. The number of nitrogens with one attached hydrogen (secondary N) is 4. The Bertz CT molecular complexity index is 1400. The fraction of sp³-hybridized carbons (Fsp3) is 0.471. The lowest BCUT2D eigenvalue weighted by atomic mass is 9.97. The molecule has 14 nitrogen and oxygen atoms in total. The van der Waals surface area contributed by atoms with Gasteiger partial charge in [-0.1, -0.05) is 70.2 Å². The number of aliphatic hydroxyl groups excluding tert-OH is 1. The molecule has 4 amide bonds. The van der Waals surface area contributed by atoms with Crippen molar-refractivity contribution < 1.29 is 44.1 Å². The number of aromatic carboxylic acids is 1. The zero-order chi connectivity index (χ0) is 36.0. The Kier molecular flexibility index (Phi) is 15.7. The van der Waals surface area contributed by atoms with E-state index in [0.29, 0.717) is 5.56 Å². The average Bonchev–Trinajstić information content (AvgIpc) is 3.03. The van der Waals surface area contributed by atoms with Crippen LogP contribution in [0.5, 0.6) is 0 Å². The van der Waals surface area contributed by atoms with Crippen LogP contribution in [0.3, 0.4) is 0 Å². The zero-order valence-electron chi connectivity index (χ0n) is 27.6. The maximum atomic E-state index is 13.7. The van der Waals surface area contributed by atoms with Gasteiger partial charge < -0.3 is 42.3 Å². The number of benzene rings is 2. The van der Waals surface area contributed by atoms with Crippen LogP contribution in [0.15, 0.2) is 54.6 Å². The van der Waals surface area contributed by atoms with Crippen LogP contribution in [0.1, 0.15) is 68.4 Å². The minimum Gasteiger partial charge on any atom is -0.481 e. The van der Waals surface area contributed by atoms with E-state index in [-0.39, 0.29) is 43.7 Å². The summed E-state index contributed by atoms with van der Waals surface area (Å²) in [6.45, 7) is 7.08. The van der Waals surface area contributed by atoms with Crippen LogP contribution in [-0.2, 0) is 36.9 Å². The van der Waals surface area contributed by atoms with Crippen molar-refractivity contribution in [2.75, 3.05) is 0 Å². The number of hydrogen-bond acceptors (Lipinski definition) is 8. The van der Waals surface area contributed by atoms with Crippen LogP contribution in [0.4, 0.5) is 0 Å². The second-order valence-corrected chi connectivity index (χ2v) is 12.4. The topological polar surface area (TPSA) is 237 Å². The van der Waals surface area contributed by atoms with E-state index < -0.39 is 71.8 Å². The first-order chi connectivity index (χ1) is 22.6. The SMILES string of the molecule is CC(C)C[C@H](NC(=O)[C@@H](NC(=O)[C@@H](N)CCC(=O)O)C(C)C)C(=O)N[C@@H](Cc1ccccc1)[C@@H](O)C(=O)NCc1ccc(C(=O)O)cc1. The van der Waals surface area contributed by atoms with E-state index >= 15 is 0 Å². The number of carboxylic acid groups (broad SMARTS) is 2. The summed E-state index contributed by atoms with van der Waals surface area (Å²) < 4.78 is 0. The van der Waals surface area contributed by atoms with E-state index in [4.69, 9.17) is 15.9 Å². The number of rotatable bonds is 19. The lowest BCUT2D eigenvalue weighted by Crippen LogP contribution is -2.59. The molecule has 0 aliphatic carbocycles. The molecule has 0 fully saturated rings. The van der Waals surface area contributed by atoms with Crippen LogP contribution in [0.25, 0.3) is 0 Å². The number of carbonyl (C=O) groups excluding carboxylic acids is 4. The van der Waals surface area contributed by atoms with Gasteiger partial charge in [0.25, 0.3) is 5.91 Å². The van der Waals surface area contributed by atoms with E-state index in [1.807, 2.05) is 13.8 Å². The Morgan fingerprint density at radius 1 is 0.750 bits per heavy atom. The molecule has 0 aromatic heterocycles. The molecule has 2 rings (SSSR count). The summed E-state index contributed by atoms with van der Waals surface area (Å²) in [5, 5.41) is 39.7. The fourth-order valence-corrected chi connectivity index (χ4v) is 4.80. The third-order valence-electron chi connectivity index (χ3n) is 7.54. The van der Waals surface area contributed by atoms with Crippen molar-refractivity contribution in [3.8, 4) is 0 Å². The van der Waals surface area contributed by atoms with Gasteiger partial charge in [-0.05, 0) is 54.4 Å². The minimum atomic E-state index is -1.70. The molecule has 0 saturated heterocycles. The Labute approximate surface area is 279 Å². The molecule has 0 radical (unpaired) electrons. The van der Waals surface area contributed by atoms with Gasteiger partial charge in [0.15, 0.2) is 6.10 Å². The molecule has 14 heteroatoms. The number of carbonyl (C=O) groups is 6. The Morgan fingerprint density at radius 3 is 1.92 bits per heavy atom. The van der Waals surface area contributed by atoms with Crippen LogP contribution < -0.4 is 27.0 Å². The molecule has 0 unspecified atom stereocenters. The van der Waals surface area contributed by atoms with Gasteiger partial charge in [0.2, 0.25) is 17.7 Å². The maximum Gasteiger partial charge on any atom is 0.335 e. The Hall–Kier alpha value is -4.82. The fourth-order valence-electron chi connectivity index (χ4n) is 4.80. The van der Waals surface area contributed by atoms with Crippen LogP contribution in [-0.4, -0.2) is 81.2 Å². The second-order valence-electron chi connectivity index (χ2n) is 12.4. The molecular formula is C34H47N5O9. The third-order valence-corrected chi connectivity index (χ3v) is 7.54. The first-order valence-electron chi connectivity index (χ1n) is 15.8. The second kappa shape index (κ2) is 19.1. The normalized spacial score (nSPS) is 14.2. The largest absolute Gasteiger partial charge is 0.481 e. The molecular weight excluding hydrogens is 622 g/mol. The highest BCUT2D eigenvalue weighted by Crippen LogP contribution is 2.12. The van der Waals surface area contributed by atoms with Gasteiger partial charge in [-0.15, -0.1) is 0 Å². The van der Waals surface area contributed by atoms with Crippen molar-refractivity contribution in [2.24, 2.45) is 17.6 Å². The van der Waals surface area contributed by atoms with Gasteiger partial charge >= 0.3 is 11.9 Å². The highest BCUT2D eigenvalue weighted by Gasteiger charge is 2.34. The van der Waals surface area contributed by atoms with Crippen molar-refractivity contribution in [1.82, 2.24) is 21.3 Å². The molecule has 0 spiro atoms. The summed E-state index contributed by atoms with van der Waals surface area (Å²) in [6.07, 6.45) is -1.87. The lowest BCUT2D eigenvalue weighted by Gasteiger charge is -2.29. The van der Waals surface area contributed by atoms with E-state index in [1.54, 1.807) is 44.2 Å². The van der Waals surface area contributed by atoms with Gasteiger partial charge in [-0.2, -0.15) is 0 Å². The van der Waals surface area contributed by atoms with E-state index in [1.165, 1.54) is 24.3 Å². The average molecular weight is 670 g/mol. The van der Waals surface area contributed by atoms with E-state index in [2.05, 4.69) is 21.3 Å². The number of aliphatic carboxylic acids is 1. The van der Waals surface area contributed by atoms with Crippen molar-refractivity contribution >= 4 is 35.6 Å². The Balaban J connectivity index is 2.21. The monoisotopic (exact) mass is 669 g/mol. The standard InChI is InChI=1S/C34H47N5O9/c1-19(2)16-26(38-32(45)28(20(3)4)39-30(43)24(35)14-15-27(40)41)31(44)37-25(17-21-8-6-5-7-9-21)29(42)33(46)36-18-22-10-12-23(13-11-22)34(47)48/h5-13,19-20,24-26,28-29,42H,14-18,35H2,1-4H3,(H,36,46)(H,37,44)(H,38,45)(H,39,43)(H,40,41)(H,47,48)/t24-,25-,26-,28-,29+/m0/s1. The summed E-state index contributed by atoms with van der Waals surface area (Å²) in [5.74, 6) is -5.47. The van der Waals surface area contributed by atoms with Crippen LogP contribution in [0, 0.1) is 11.8 Å². The van der Waals surface area contributed by atoms with E-state index in [0.717, 1.165) is 5.56 Å². The van der Waals surface area contributed by atoms with E-state index in [9.17, 15) is 33.9 Å². The molecule has 0 aliphatic rings. The van der Waals surface area contributed by atoms with Crippen LogP contribution >= 0.6 is 0 Å². The number of aliphatic hydroxyl groups is 1. The molecule has 5 atom stereocenters. The molecule has 262 valence electrons. The summed E-state index contributed by atoms with van der Waals surface area (Å²) >= 11 is 0. The predicted octanol–water partition coefficient (Wildman–Crippen LogP) is 0.953. The highest BCUT2D eigenvalue weighted by molar-refractivity contribution is 5.93. The molecule has 48 heavy (non-hydrogen) atoms. The molecule has 0 aliphatic heterocycles. The number of hydrogen-bond donors (Lipinski definition) is 8. The molecule has 0 saturated carbocycles. The first-order valence-corrected chi connectivity index (χ1v) is 15.8. The smallest absolute Gasteiger partial charge is 0.335 e. The molecule has 2 aromatic carbocycles. The Morgan fingerprint density at radius 2 is 1.38 bits per heavy atom. The summed E-state index contributed by atoms with van der Waals surface area (Å²) in [4.78, 5) is 74.8. The summed E-state index contributed by atoms with van der Waals surface area (Å²) in [6, 6.07) is 10.3. The lowest BCUT2D eigenvalue weighted by molar-refractivity contribution is -0.137. The van der Waals surface area contributed by atoms with Gasteiger partial charge in [-0.3, -0.25) is 24.0 Å². The number of nitrogens with two attached hydrogens (primary N) is 1. The molecule has 0 bridgehead atoms. The van der Waals surface area contributed by atoms with Crippen molar-refractivity contribution in [2.45, 2.75) is 90.2 Å². The first kappa shape index (κ1) is 39.4. The molecule has 2 aromatic rings. The number of amides is 4. The van der Waals surface area contributed by atoms with Gasteiger partial charge in [0.05, 0.1) is 17.6 Å². The van der Waals surface area contributed by atoms with Crippen molar-refractivity contribution in [1.29, 1.82) is 0 Å². The minimum absolute atomic E-state index is 0.00387. The predicted molar refractivity (Wildman–Crippen MR) is 176 cm³/mol. The van der Waals surface area contributed by atoms with Gasteiger partial charge in [-0.25, -0.2) is 4.79 Å². The summed E-state index contributed by atoms with van der Waals surface area (Å²) in [5.41, 5.74) is 7.23. The number of carboxylic acids is 2. The van der Waals surface area contributed by atoms with Crippen LogP contribution in [0.2, 0.25) is 0 Å². The van der Waals surface area contributed by atoms with Gasteiger partial charge in [0, 0.05) is 13.0 Å². The highest BCUT2D eigenvalue weighted by atomic mass is 16.4. The maximum absolute atomic E-state index is 13.7. The zero-order valence-corrected chi connectivity index (χ0v) is 27.6. The summed E-state index contributed by atoms with van der Waals surface area (Å²) in [7, 11) is 0.